The molecule has 0 saturated carbocycles. The first kappa shape index (κ1) is 17.2. The van der Waals surface area contributed by atoms with Crippen molar-refractivity contribution in [1.29, 1.82) is 0 Å². The fraction of sp³-hybridized carbons (Fsp3) is 0.0476. The highest BCUT2D eigenvalue weighted by molar-refractivity contribution is 5.93. The van der Waals surface area contributed by atoms with Crippen LogP contribution in [0.3, 0.4) is 0 Å². The van der Waals surface area contributed by atoms with Crippen LogP contribution in [0.2, 0.25) is 0 Å². The average Bonchev–Trinajstić information content (AvgIpc) is 2.68. The largest absolute Gasteiger partial charge is 0.465 e. The number of esters is 2. The van der Waals surface area contributed by atoms with Crippen LogP contribution in [-0.4, -0.2) is 19.0 Å². The lowest BCUT2D eigenvalue weighted by atomic mass is 10.2. The van der Waals surface area contributed by atoms with Crippen molar-refractivity contribution in [2.75, 3.05) is 7.11 Å². The van der Waals surface area contributed by atoms with E-state index in [1.165, 1.54) is 13.2 Å². The number of carbonyl (C=O) groups excluding carboxylic acids is 2. The minimum absolute atomic E-state index is 0.257. The topological polar surface area (TPSA) is 61.8 Å². The average molecular weight is 348 g/mol. The van der Waals surface area contributed by atoms with E-state index in [9.17, 15) is 9.59 Å². The maximum Gasteiger partial charge on any atom is 0.343 e. The van der Waals surface area contributed by atoms with Crippen molar-refractivity contribution in [2.45, 2.75) is 0 Å². The molecule has 0 amide bonds. The molecule has 0 heterocycles. The van der Waals surface area contributed by atoms with Crippen LogP contribution >= 0.6 is 0 Å². The van der Waals surface area contributed by atoms with E-state index >= 15 is 0 Å². The molecule has 0 bridgehead atoms. The van der Waals surface area contributed by atoms with Gasteiger partial charge in [-0.25, -0.2) is 9.59 Å². The summed E-state index contributed by atoms with van der Waals surface area (Å²) in [6.45, 7) is 0. The van der Waals surface area contributed by atoms with Crippen molar-refractivity contribution in [3.63, 3.8) is 0 Å². The predicted molar refractivity (Wildman–Crippen MR) is 95.7 cm³/mol. The van der Waals surface area contributed by atoms with E-state index in [2.05, 4.69) is 4.74 Å². The van der Waals surface area contributed by atoms with Crippen molar-refractivity contribution >= 4 is 11.9 Å². The van der Waals surface area contributed by atoms with E-state index in [0.29, 0.717) is 22.6 Å². The number of carbonyl (C=O) groups is 2. The summed E-state index contributed by atoms with van der Waals surface area (Å²) in [5.41, 5.74) is 0.640. The summed E-state index contributed by atoms with van der Waals surface area (Å²) < 4.78 is 15.7. The molecule has 0 radical (unpaired) electrons. The standard InChI is InChI=1S/C21H16O5/c1-24-20(22)15-7-5-12-19(13-15)26-21(23)16-8-6-11-18(14-16)25-17-9-3-2-4-10-17/h2-14H,1H3. The van der Waals surface area contributed by atoms with Gasteiger partial charge in [0.05, 0.1) is 18.2 Å². The van der Waals surface area contributed by atoms with Crippen molar-refractivity contribution in [1.82, 2.24) is 0 Å². The molecule has 3 rings (SSSR count). The Labute approximate surface area is 150 Å². The van der Waals surface area contributed by atoms with Crippen LogP contribution in [0.25, 0.3) is 0 Å². The third-order valence-electron chi connectivity index (χ3n) is 3.51. The lowest BCUT2D eigenvalue weighted by Gasteiger charge is -2.08. The Morgan fingerprint density at radius 2 is 1.23 bits per heavy atom. The lowest BCUT2D eigenvalue weighted by molar-refractivity contribution is 0.0597. The fourth-order valence-corrected chi connectivity index (χ4v) is 2.28. The molecular formula is C21H16O5. The van der Waals surface area contributed by atoms with Gasteiger partial charge in [0, 0.05) is 0 Å². The Balaban J connectivity index is 1.74. The first-order chi connectivity index (χ1) is 12.7. The molecule has 130 valence electrons. The summed E-state index contributed by atoms with van der Waals surface area (Å²) >= 11 is 0. The Bertz CT molecular complexity index is 918. The molecule has 0 saturated heterocycles. The quantitative estimate of drug-likeness (QED) is 0.502. The molecule has 5 nitrogen and oxygen atoms in total. The van der Waals surface area contributed by atoms with Crippen LogP contribution in [0.4, 0.5) is 0 Å². The highest BCUT2D eigenvalue weighted by Gasteiger charge is 2.12. The van der Waals surface area contributed by atoms with E-state index in [-0.39, 0.29) is 5.75 Å². The smallest absolute Gasteiger partial charge is 0.343 e. The Morgan fingerprint density at radius 3 is 1.92 bits per heavy atom. The second kappa shape index (κ2) is 7.98. The number of para-hydroxylation sites is 1. The molecule has 0 unspecified atom stereocenters. The second-order valence-corrected chi connectivity index (χ2v) is 5.35. The third-order valence-corrected chi connectivity index (χ3v) is 3.51. The fourth-order valence-electron chi connectivity index (χ4n) is 2.28. The molecule has 0 aliphatic carbocycles. The van der Waals surface area contributed by atoms with Crippen LogP contribution in [0, 0.1) is 0 Å². The maximum absolute atomic E-state index is 12.4. The van der Waals surface area contributed by atoms with Gasteiger partial charge in [-0.3, -0.25) is 0 Å². The van der Waals surface area contributed by atoms with Crippen LogP contribution in [0.5, 0.6) is 17.2 Å². The number of hydrogen-bond donors (Lipinski definition) is 0. The second-order valence-electron chi connectivity index (χ2n) is 5.35. The van der Waals surface area contributed by atoms with E-state index < -0.39 is 11.9 Å². The van der Waals surface area contributed by atoms with Crippen LogP contribution in [0.15, 0.2) is 78.9 Å². The maximum atomic E-state index is 12.4. The highest BCUT2D eigenvalue weighted by atomic mass is 16.5. The summed E-state index contributed by atoms with van der Waals surface area (Å²) in [4.78, 5) is 23.9. The zero-order valence-electron chi connectivity index (χ0n) is 14.0. The van der Waals surface area contributed by atoms with Gasteiger partial charge >= 0.3 is 11.9 Å². The SMILES string of the molecule is COC(=O)c1cccc(OC(=O)c2cccc(Oc3ccccc3)c2)c1. The Morgan fingerprint density at radius 1 is 0.654 bits per heavy atom. The van der Waals surface area contributed by atoms with Gasteiger partial charge in [-0.1, -0.05) is 30.3 Å². The van der Waals surface area contributed by atoms with Crippen molar-refractivity contribution in [2.24, 2.45) is 0 Å². The van der Waals surface area contributed by atoms with Gasteiger partial charge in [0.2, 0.25) is 0 Å². The summed E-state index contributed by atoms with van der Waals surface area (Å²) in [5.74, 6) is 0.400. The van der Waals surface area contributed by atoms with Gasteiger partial charge in [0.15, 0.2) is 0 Å². The van der Waals surface area contributed by atoms with Gasteiger partial charge in [-0.2, -0.15) is 0 Å². The molecule has 0 aromatic heterocycles. The molecule has 26 heavy (non-hydrogen) atoms. The Hall–Kier alpha value is -3.60. The Kier molecular flexibility index (Phi) is 5.29. The van der Waals surface area contributed by atoms with Crippen molar-refractivity contribution in [3.05, 3.63) is 90.0 Å². The van der Waals surface area contributed by atoms with Crippen LogP contribution in [0.1, 0.15) is 20.7 Å². The zero-order chi connectivity index (χ0) is 18.4. The molecular weight excluding hydrogens is 332 g/mol. The van der Waals surface area contributed by atoms with Crippen molar-refractivity contribution < 1.29 is 23.8 Å². The predicted octanol–water partition coefficient (Wildman–Crippen LogP) is 4.48. The molecule has 0 aliphatic heterocycles. The van der Waals surface area contributed by atoms with Crippen LogP contribution < -0.4 is 9.47 Å². The normalized spacial score (nSPS) is 10.0. The molecule has 0 atom stereocenters. The summed E-state index contributed by atoms with van der Waals surface area (Å²) in [5, 5.41) is 0. The van der Waals surface area contributed by atoms with Gasteiger partial charge in [-0.15, -0.1) is 0 Å². The summed E-state index contributed by atoms with van der Waals surface area (Å²) in [7, 11) is 1.29. The van der Waals surface area contributed by atoms with Gasteiger partial charge in [-0.05, 0) is 48.5 Å². The molecule has 3 aromatic rings. The number of benzene rings is 3. The van der Waals surface area contributed by atoms with Crippen LogP contribution in [-0.2, 0) is 4.74 Å². The monoisotopic (exact) mass is 348 g/mol. The van der Waals surface area contributed by atoms with E-state index in [1.807, 2.05) is 30.3 Å². The first-order valence-corrected chi connectivity index (χ1v) is 7.89. The van der Waals surface area contributed by atoms with Gasteiger partial charge in [0.1, 0.15) is 17.2 Å². The highest BCUT2D eigenvalue weighted by Crippen LogP contribution is 2.23. The summed E-state index contributed by atoms with van der Waals surface area (Å²) in [6.07, 6.45) is 0. The third kappa shape index (κ3) is 4.27. The molecule has 3 aromatic carbocycles. The van der Waals surface area contributed by atoms with E-state index in [1.54, 1.807) is 42.5 Å². The van der Waals surface area contributed by atoms with Gasteiger partial charge < -0.3 is 14.2 Å². The molecule has 5 heteroatoms. The number of hydrogen-bond acceptors (Lipinski definition) is 5. The van der Waals surface area contributed by atoms with Gasteiger partial charge in [0.25, 0.3) is 0 Å². The lowest BCUT2D eigenvalue weighted by Crippen LogP contribution is -2.09. The van der Waals surface area contributed by atoms with Crippen molar-refractivity contribution in [3.8, 4) is 17.2 Å². The summed E-state index contributed by atoms with van der Waals surface area (Å²) in [6, 6.07) is 22.2. The number of methoxy groups -OCH3 is 1. The molecule has 0 N–H and O–H groups in total. The molecule has 0 fully saturated rings. The van der Waals surface area contributed by atoms with E-state index in [4.69, 9.17) is 9.47 Å². The first-order valence-electron chi connectivity index (χ1n) is 7.89. The minimum atomic E-state index is -0.550. The minimum Gasteiger partial charge on any atom is -0.465 e. The molecule has 0 aliphatic rings. The number of ether oxygens (including phenoxy) is 3. The number of rotatable bonds is 5. The zero-order valence-corrected chi connectivity index (χ0v) is 14.0. The van der Waals surface area contributed by atoms with E-state index in [0.717, 1.165) is 0 Å². The molecule has 0 spiro atoms.